The summed E-state index contributed by atoms with van der Waals surface area (Å²) in [5, 5.41) is 14.4. The highest BCUT2D eigenvalue weighted by Crippen LogP contribution is 2.21. The van der Waals surface area contributed by atoms with Gasteiger partial charge < -0.3 is 14.7 Å². The van der Waals surface area contributed by atoms with Crippen LogP contribution in [-0.4, -0.2) is 44.4 Å². The molecule has 0 saturated heterocycles. The minimum atomic E-state index is -0.982. The van der Waals surface area contributed by atoms with Gasteiger partial charge in [0.2, 0.25) is 0 Å². The predicted octanol–water partition coefficient (Wildman–Crippen LogP) is 2.22. The fourth-order valence-corrected chi connectivity index (χ4v) is 2.69. The number of aliphatic hydroxyl groups is 1. The molecule has 1 amide bonds. The van der Waals surface area contributed by atoms with Crippen LogP contribution in [0.2, 0.25) is 0 Å². The molecule has 2 rings (SSSR count). The van der Waals surface area contributed by atoms with Gasteiger partial charge in [0.15, 0.2) is 12.4 Å². The van der Waals surface area contributed by atoms with Crippen molar-refractivity contribution in [1.82, 2.24) is 14.7 Å². The Labute approximate surface area is 149 Å². The van der Waals surface area contributed by atoms with E-state index in [9.17, 15) is 9.90 Å². The average molecular weight is 345 g/mol. The van der Waals surface area contributed by atoms with E-state index in [2.05, 4.69) is 5.10 Å². The fourth-order valence-electron chi connectivity index (χ4n) is 2.69. The smallest absolute Gasteiger partial charge is 0.260 e. The van der Waals surface area contributed by atoms with Gasteiger partial charge in [-0.3, -0.25) is 9.48 Å². The largest absolute Gasteiger partial charge is 0.480 e. The molecule has 25 heavy (non-hydrogen) atoms. The molecule has 0 unspecified atom stereocenters. The predicted molar refractivity (Wildman–Crippen MR) is 96.3 cm³/mol. The van der Waals surface area contributed by atoms with Crippen LogP contribution < -0.4 is 4.74 Å². The van der Waals surface area contributed by atoms with Gasteiger partial charge in [0.25, 0.3) is 5.91 Å². The number of carbonyl (C=O) groups excluding carboxylic acids is 1. The molecule has 6 heteroatoms. The van der Waals surface area contributed by atoms with E-state index in [4.69, 9.17) is 4.74 Å². The summed E-state index contributed by atoms with van der Waals surface area (Å²) in [6.07, 6.45) is 0. The van der Waals surface area contributed by atoms with E-state index in [-0.39, 0.29) is 19.1 Å². The summed E-state index contributed by atoms with van der Waals surface area (Å²) in [4.78, 5) is 14.3. The Morgan fingerprint density at radius 1 is 1.28 bits per heavy atom. The first kappa shape index (κ1) is 19.0. The molecule has 0 aliphatic carbocycles. The third kappa shape index (κ3) is 5.32. The summed E-state index contributed by atoms with van der Waals surface area (Å²) >= 11 is 0. The van der Waals surface area contributed by atoms with Gasteiger partial charge in [-0.25, -0.2) is 0 Å². The molecule has 2 aromatic rings. The standard InChI is InChI=1S/C19H27N3O3/c1-14-18(15(2)21(5)20-14)25-12-17(23)22(13-19(3,4)24)11-16-9-7-6-8-10-16/h6-10,24H,11-13H2,1-5H3. The first-order chi connectivity index (χ1) is 11.7. The van der Waals surface area contributed by atoms with Crippen LogP contribution in [0.25, 0.3) is 0 Å². The van der Waals surface area contributed by atoms with Gasteiger partial charge in [-0.15, -0.1) is 0 Å². The summed E-state index contributed by atoms with van der Waals surface area (Å²) in [5.41, 5.74) is 1.66. The minimum absolute atomic E-state index is 0.0870. The number of benzene rings is 1. The van der Waals surface area contributed by atoms with Gasteiger partial charge in [-0.1, -0.05) is 30.3 Å². The maximum atomic E-state index is 12.7. The molecule has 0 atom stereocenters. The second-order valence-electron chi connectivity index (χ2n) is 6.96. The third-order valence-corrected chi connectivity index (χ3v) is 3.93. The van der Waals surface area contributed by atoms with E-state index < -0.39 is 5.60 Å². The molecule has 0 saturated carbocycles. The summed E-state index contributed by atoms with van der Waals surface area (Å²) < 4.78 is 7.46. The molecule has 1 aromatic carbocycles. The van der Waals surface area contributed by atoms with Crippen LogP contribution in [0.1, 0.15) is 30.8 Å². The maximum Gasteiger partial charge on any atom is 0.260 e. The molecule has 6 nitrogen and oxygen atoms in total. The zero-order valence-electron chi connectivity index (χ0n) is 15.6. The van der Waals surface area contributed by atoms with Crippen LogP contribution in [0.4, 0.5) is 0 Å². The highest BCUT2D eigenvalue weighted by molar-refractivity contribution is 5.78. The quantitative estimate of drug-likeness (QED) is 0.835. The Hall–Kier alpha value is -2.34. The first-order valence-electron chi connectivity index (χ1n) is 8.34. The highest BCUT2D eigenvalue weighted by atomic mass is 16.5. The van der Waals surface area contributed by atoms with Gasteiger partial charge in [-0.2, -0.15) is 5.10 Å². The van der Waals surface area contributed by atoms with Gasteiger partial charge in [0.05, 0.1) is 11.3 Å². The molecule has 0 aliphatic heterocycles. The zero-order valence-corrected chi connectivity index (χ0v) is 15.6. The van der Waals surface area contributed by atoms with Crippen LogP contribution in [0.3, 0.4) is 0 Å². The lowest BCUT2D eigenvalue weighted by Crippen LogP contribution is -2.43. The summed E-state index contributed by atoms with van der Waals surface area (Å²) in [6.45, 7) is 7.70. The van der Waals surface area contributed by atoms with E-state index in [1.807, 2.05) is 51.2 Å². The molecule has 0 aliphatic rings. The summed E-state index contributed by atoms with van der Waals surface area (Å²) in [5.74, 6) is 0.465. The Bertz CT molecular complexity index is 718. The Kier molecular flexibility index (Phi) is 5.85. The number of aryl methyl sites for hydroxylation is 2. The molecule has 0 radical (unpaired) electrons. The van der Waals surface area contributed by atoms with Crippen molar-refractivity contribution in [2.24, 2.45) is 7.05 Å². The second-order valence-corrected chi connectivity index (χ2v) is 6.96. The molecule has 0 bridgehead atoms. The highest BCUT2D eigenvalue weighted by Gasteiger charge is 2.24. The molecule has 0 spiro atoms. The lowest BCUT2D eigenvalue weighted by atomic mass is 10.1. The molecule has 1 aromatic heterocycles. The van der Waals surface area contributed by atoms with Gasteiger partial charge in [0, 0.05) is 20.1 Å². The lowest BCUT2D eigenvalue weighted by molar-refractivity contribution is -0.137. The molecule has 136 valence electrons. The van der Waals surface area contributed by atoms with Gasteiger partial charge in [0.1, 0.15) is 5.69 Å². The monoisotopic (exact) mass is 345 g/mol. The average Bonchev–Trinajstić information content (AvgIpc) is 2.77. The Balaban J connectivity index is 2.09. The first-order valence-corrected chi connectivity index (χ1v) is 8.34. The van der Waals surface area contributed by atoms with Gasteiger partial charge >= 0.3 is 0 Å². The number of hydrogen-bond donors (Lipinski definition) is 1. The van der Waals surface area contributed by atoms with Crippen molar-refractivity contribution in [3.8, 4) is 5.75 Å². The normalized spacial score (nSPS) is 11.4. The van der Waals surface area contributed by atoms with Crippen LogP contribution in [0, 0.1) is 13.8 Å². The molecule has 0 fully saturated rings. The van der Waals surface area contributed by atoms with E-state index >= 15 is 0 Å². The molecule has 1 heterocycles. The lowest BCUT2D eigenvalue weighted by Gasteiger charge is -2.29. The number of ether oxygens (including phenoxy) is 1. The molecular formula is C19H27N3O3. The van der Waals surface area contributed by atoms with E-state index in [0.29, 0.717) is 12.3 Å². The SMILES string of the molecule is Cc1nn(C)c(C)c1OCC(=O)N(Cc1ccccc1)CC(C)(C)O. The number of hydrogen-bond acceptors (Lipinski definition) is 4. The Morgan fingerprint density at radius 3 is 2.44 bits per heavy atom. The number of nitrogens with zero attached hydrogens (tertiary/aromatic N) is 3. The van der Waals surface area contributed by atoms with E-state index in [1.165, 1.54) is 0 Å². The third-order valence-electron chi connectivity index (χ3n) is 3.93. The number of carbonyl (C=O) groups is 1. The van der Waals surface area contributed by atoms with Crippen molar-refractivity contribution in [1.29, 1.82) is 0 Å². The van der Waals surface area contributed by atoms with E-state index in [0.717, 1.165) is 17.0 Å². The van der Waals surface area contributed by atoms with Crippen molar-refractivity contribution < 1.29 is 14.6 Å². The second kappa shape index (κ2) is 7.70. The minimum Gasteiger partial charge on any atom is -0.480 e. The summed E-state index contributed by atoms with van der Waals surface area (Å²) in [6, 6.07) is 9.71. The molecular weight excluding hydrogens is 318 g/mol. The topological polar surface area (TPSA) is 67.6 Å². The fraction of sp³-hybridized carbons (Fsp3) is 0.474. The van der Waals surface area contributed by atoms with Crippen molar-refractivity contribution in [3.05, 3.63) is 47.3 Å². The Morgan fingerprint density at radius 2 is 1.92 bits per heavy atom. The number of rotatable bonds is 7. The van der Waals surface area contributed by atoms with Crippen LogP contribution in [0.15, 0.2) is 30.3 Å². The zero-order chi connectivity index (χ0) is 18.6. The van der Waals surface area contributed by atoms with Crippen molar-refractivity contribution in [2.45, 2.75) is 39.8 Å². The van der Waals surface area contributed by atoms with Crippen LogP contribution >= 0.6 is 0 Å². The van der Waals surface area contributed by atoms with Crippen molar-refractivity contribution >= 4 is 5.91 Å². The maximum absolute atomic E-state index is 12.7. The number of aromatic nitrogens is 2. The van der Waals surface area contributed by atoms with Crippen molar-refractivity contribution in [2.75, 3.05) is 13.2 Å². The number of amides is 1. The van der Waals surface area contributed by atoms with Crippen LogP contribution in [-0.2, 0) is 18.4 Å². The summed E-state index contributed by atoms with van der Waals surface area (Å²) in [7, 11) is 1.84. The van der Waals surface area contributed by atoms with Crippen molar-refractivity contribution in [3.63, 3.8) is 0 Å². The van der Waals surface area contributed by atoms with Crippen LogP contribution in [0.5, 0.6) is 5.75 Å². The van der Waals surface area contributed by atoms with Gasteiger partial charge in [-0.05, 0) is 33.3 Å². The molecule has 1 N–H and O–H groups in total. The van der Waals surface area contributed by atoms with E-state index in [1.54, 1.807) is 23.4 Å².